The van der Waals surface area contributed by atoms with Gasteiger partial charge < -0.3 is 24.4 Å². The third kappa shape index (κ3) is 4.74. The Morgan fingerprint density at radius 3 is 2.90 bits per heavy atom. The fourth-order valence-electron chi connectivity index (χ4n) is 3.95. The van der Waals surface area contributed by atoms with Gasteiger partial charge in [-0.25, -0.2) is 0 Å². The van der Waals surface area contributed by atoms with Crippen molar-refractivity contribution in [1.82, 2.24) is 15.2 Å². The highest BCUT2D eigenvalue weighted by atomic mass is 32.1. The van der Waals surface area contributed by atoms with Crippen LogP contribution in [0.15, 0.2) is 45.8 Å². The van der Waals surface area contributed by atoms with E-state index >= 15 is 0 Å². The lowest BCUT2D eigenvalue weighted by atomic mass is 10.0. The zero-order valence-electron chi connectivity index (χ0n) is 17.4. The van der Waals surface area contributed by atoms with Crippen molar-refractivity contribution in [3.63, 3.8) is 0 Å². The van der Waals surface area contributed by atoms with Gasteiger partial charge in [-0.2, -0.15) is 0 Å². The van der Waals surface area contributed by atoms with Crippen LogP contribution in [0.4, 0.5) is 0 Å². The molecule has 7 heteroatoms. The van der Waals surface area contributed by atoms with Crippen molar-refractivity contribution in [2.75, 3.05) is 13.2 Å². The second-order valence-corrected chi connectivity index (χ2v) is 8.31. The predicted molar refractivity (Wildman–Crippen MR) is 122 cm³/mol. The minimum absolute atomic E-state index is 0.0983. The van der Waals surface area contributed by atoms with E-state index in [0.717, 1.165) is 47.2 Å². The average Bonchev–Trinajstić information content (AvgIpc) is 3.40. The topological polar surface area (TPSA) is 70.5 Å². The van der Waals surface area contributed by atoms with Crippen LogP contribution in [0, 0.1) is 13.8 Å². The number of thiocarbonyl (C=S) groups is 1. The van der Waals surface area contributed by atoms with Crippen LogP contribution >= 0.6 is 12.2 Å². The molecule has 0 unspecified atom stereocenters. The van der Waals surface area contributed by atoms with Crippen LogP contribution in [-0.2, 0) is 17.8 Å². The lowest BCUT2D eigenvalue weighted by molar-refractivity contribution is 0.113. The van der Waals surface area contributed by atoms with Crippen LogP contribution in [0.5, 0.6) is 0 Å². The Hall–Kier alpha value is -2.64. The fourth-order valence-corrected chi connectivity index (χ4v) is 4.16. The summed E-state index contributed by atoms with van der Waals surface area (Å²) in [4.78, 5) is 17.8. The number of fused-ring (bicyclic) bond motifs is 1. The Bertz CT molecular complexity index is 1090. The molecule has 0 aliphatic carbocycles. The van der Waals surface area contributed by atoms with E-state index in [4.69, 9.17) is 21.4 Å². The van der Waals surface area contributed by atoms with Gasteiger partial charge in [0.2, 0.25) is 0 Å². The number of rotatable bonds is 6. The van der Waals surface area contributed by atoms with Gasteiger partial charge in [0.15, 0.2) is 5.11 Å². The SMILES string of the molecule is Cc1cc(C)c2cc(CN(Cc3ccco3)C(=S)NC[C@H]3CCCO3)c(=O)[nH]c2c1. The summed E-state index contributed by atoms with van der Waals surface area (Å²) in [7, 11) is 0. The first-order valence-corrected chi connectivity index (χ1v) is 10.7. The second-order valence-electron chi connectivity index (χ2n) is 7.92. The van der Waals surface area contributed by atoms with Crippen molar-refractivity contribution >= 4 is 28.2 Å². The molecule has 0 amide bonds. The number of aromatic nitrogens is 1. The highest BCUT2D eigenvalue weighted by molar-refractivity contribution is 7.80. The van der Waals surface area contributed by atoms with E-state index in [1.54, 1.807) is 6.26 Å². The maximum absolute atomic E-state index is 12.8. The average molecular weight is 426 g/mol. The van der Waals surface area contributed by atoms with Crippen molar-refractivity contribution in [3.05, 3.63) is 69.4 Å². The van der Waals surface area contributed by atoms with E-state index in [1.165, 1.54) is 0 Å². The first-order chi connectivity index (χ1) is 14.5. The zero-order chi connectivity index (χ0) is 21.1. The molecule has 1 aliphatic rings. The van der Waals surface area contributed by atoms with Gasteiger partial charge in [-0.3, -0.25) is 4.79 Å². The molecule has 2 N–H and O–H groups in total. The minimum Gasteiger partial charge on any atom is -0.467 e. The number of aryl methyl sites for hydroxylation is 2. The molecule has 1 saturated heterocycles. The van der Waals surface area contributed by atoms with Crippen LogP contribution in [0.2, 0.25) is 0 Å². The van der Waals surface area contributed by atoms with Crippen LogP contribution in [-0.4, -0.2) is 34.3 Å². The Kier molecular flexibility index (Phi) is 6.20. The summed E-state index contributed by atoms with van der Waals surface area (Å²) in [5.74, 6) is 0.792. The molecule has 2 aromatic heterocycles. The summed E-state index contributed by atoms with van der Waals surface area (Å²) >= 11 is 5.67. The number of nitrogens with zero attached hydrogens (tertiary/aromatic N) is 1. The van der Waals surface area contributed by atoms with Crippen LogP contribution in [0.1, 0.15) is 35.3 Å². The van der Waals surface area contributed by atoms with E-state index in [9.17, 15) is 4.79 Å². The van der Waals surface area contributed by atoms with Gasteiger partial charge in [0.05, 0.1) is 25.5 Å². The first kappa shape index (κ1) is 20.6. The van der Waals surface area contributed by atoms with Crippen molar-refractivity contribution in [1.29, 1.82) is 0 Å². The highest BCUT2D eigenvalue weighted by Crippen LogP contribution is 2.20. The molecule has 6 nitrogen and oxygen atoms in total. The molecule has 1 fully saturated rings. The number of benzene rings is 1. The van der Waals surface area contributed by atoms with E-state index in [-0.39, 0.29) is 11.7 Å². The molecule has 0 radical (unpaired) electrons. The highest BCUT2D eigenvalue weighted by Gasteiger charge is 2.19. The Morgan fingerprint density at radius 1 is 1.30 bits per heavy atom. The summed E-state index contributed by atoms with van der Waals surface area (Å²) in [6.07, 6.45) is 3.95. The number of aromatic amines is 1. The number of hydrogen-bond donors (Lipinski definition) is 2. The van der Waals surface area contributed by atoms with Crippen LogP contribution in [0.3, 0.4) is 0 Å². The van der Waals surface area contributed by atoms with Gasteiger partial charge in [-0.1, -0.05) is 6.07 Å². The summed E-state index contributed by atoms with van der Waals surface area (Å²) < 4.78 is 11.2. The van der Waals surface area contributed by atoms with Crippen molar-refractivity contribution in [2.45, 2.75) is 45.9 Å². The van der Waals surface area contributed by atoms with Gasteiger partial charge in [-0.15, -0.1) is 0 Å². The smallest absolute Gasteiger partial charge is 0.253 e. The van der Waals surface area contributed by atoms with E-state index < -0.39 is 0 Å². The predicted octanol–water partition coefficient (Wildman–Crippen LogP) is 3.79. The van der Waals surface area contributed by atoms with Crippen molar-refractivity contribution in [2.24, 2.45) is 0 Å². The van der Waals surface area contributed by atoms with Gasteiger partial charge >= 0.3 is 0 Å². The largest absolute Gasteiger partial charge is 0.467 e. The number of pyridine rings is 1. The molecule has 0 saturated carbocycles. The second kappa shape index (κ2) is 9.02. The molecule has 1 aliphatic heterocycles. The standard InChI is InChI=1S/C23H27N3O3S/c1-15-9-16(2)20-11-17(22(27)25-21(20)10-15)13-26(14-19-6-4-8-29-19)23(30)24-12-18-5-3-7-28-18/h4,6,8-11,18H,3,5,7,12-14H2,1-2H3,(H,24,30)(H,25,27)/t18-/m1/s1. The number of ether oxygens (including phenoxy) is 1. The number of H-pyrrole nitrogens is 1. The zero-order valence-corrected chi connectivity index (χ0v) is 18.2. The summed E-state index contributed by atoms with van der Waals surface area (Å²) in [5.41, 5.74) is 3.69. The normalized spacial score (nSPS) is 16.1. The summed E-state index contributed by atoms with van der Waals surface area (Å²) in [6.45, 7) is 6.43. The van der Waals surface area contributed by atoms with E-state index in [1.807, 2.05) is 36.1 Å². The van der Waals surface area contributed by atoms with Crippen LogP contribution < -0.4 is 10.9 Å². The molecule has 30 heavy (non-hydrogen) atoms. The minimum atomic E-state index is -0.0983. The fraction of sp³-hybridized carbons (Fsp3) is 0.391. The lowest BCUT2D eigenvalue weighted by Crippen LogP contribution is -2.42. The molecule has 3 heterocycles. The van der Waals surface area contributed by atoms with Gasteiger partial charge in [-0.05, 0) is 74.3 Å². The molecule has 158 valence electrons. The molecule has 0 spiro atoms. The molecule has 1 aromatic carbocycles. The Balaban J connectivity index is 1.58. The summed E-state index contributed by atoms with van der Waals surface area (Å²) in [6, 6.07) is 9.86. The maximum Gasteiger partial charge on any atom is 0.253 e. The van der Waals surface area contributed by atoms with Gasteiger partial charge in [0, 0.05) is 29.6 Å². The van der Waals surface area contributed by atoms with Crippen molar-refractivity contribution in [3.8, 4) is 0 Å². The molecule has 0 bridgehead atoms. The molecule has 1 atom stereocenters. The molecular formula is C23H27N3O3S. The molecular weight excluding hydrogens is 398 g/mol. The Labute approximate surface area is 181 Å². The molecule has 4 rings (SSSR count). The van der Waals surface area contributed by atoms with Gasteiger partial charge in [0.1, 0.15) is 5.76 Å². The quantitative estimate of drug-likeness (QED) is 0.586. The van der Waals surface area contributed by atoms with Crippen molar-refractivity contribution < 1.29 is 9.15 Å². The molecule has 3 aromatic rings. The number of hydrogen-bond acceptors (Lipinski definition) is 4. The lowest BCUT2D eigenvalue weighted by Gasteiger charge is -2.26. The third-order valence-corrected chi connectivity index (χ3v) is 5.87. The maximum atomic E-state index is 12.8. The third-order valence-electron chi connectivity index (χ3n) is 5.47. The number of nitrogens with one attached hydrogen (secondary N) is 2. The van der Waals surface area contributed by atoms with E-state index in [2.05, 4.69) is 23.3 Å². The Morgan fingerprint density at radius 2 is 2.17 bits per heavy atom. The van der Waals surface area contributed by atoms with Crippen LogP contribution in [0.25, 0.3) is 10.9 Å². The summed E-state index contributed by atoms with van der Waals surface area (Å²) in [5, 5.41) is 4.94. The monoisotopic (exact) mass is 425 g/mol. The van der Waals surface area contributed by atoms with E-state index in [0.29, 0.717) is 30.3 Å². The number of furan rings is 1. The van der Waals surface area contributed by atoms with Gasteiger partial charge in [0.25, 0.3) is 5.56 Å². The first-order valence-electron chi connectivity index (χ1n) is 10.3.